The van der Waals surface area contributed by atoms with E-state index in [2.05, 4.69) is 4.74 Å². The van der Waals surface area contributed by atoms with Gasteiger partial charge in [0, 0.05) is 0 Å². The molecule has 2 aromatic rings. The fraction of sp³-hybridized carbons (Fsp3) is 0.278. The van der Waals surface area contributed by atoms with E-state index in [4.69, 9.17) is 4.18 Å². The molecule has 0 aliphatic rings. The van der Waals surface area contributed by atoms with E-state index in [1.165, 1.54) is 31.4 Å². The maximum absolute atomic E-state index is 12.6. The largest absolute Gasteiger partial charge is 0.465 e. The Morgan fingerprint density at radius 2 is 1.79 bits per heavy atom. The minimum atomic E-state index is -4.06. The monoisotopic (exact) mass is 348 g/mol. The summed E-state index contributed by atoms with van der Waals surface area (Å²) in [4.78, 5) is 11.5. The molecule has 2 rings (SSSR count). The van der Waals surface area contributed by atoms with E-state index < -0.39 is 16.1 Å². The molecule has 5 nitrogen and oxygen atoms in total. The molecular weight excluding hydrogens is 328 g/mol. The zero-order valence-corrected chi connectivity index (χ0v) is 14.9. The van der Waals surface area contributed by atoms with Crippen LogP contribution in [0.1, 0.15) is 41.3 Å². The fourth-order valence-corrected chi connectivity index (χ4v) is 3.25. The van der Waals surface area contributed by atoms with Crippen LogP contribution in [0.4, 0.5) is 0 Å². The summed E-state index contributed by atoms with van der Waals surface area (Å²) in [6, 6.07) is 11.0. The average Bonchev–Trinajstić information content (AvgIpc) is 2.53. The molecule has 24 heavy (non-hydrogen) atoms. The van der Waals surface area contributed by atoms with E-state index in [1.54, 1.807) is 6.07 Å². The van der Waals surface area contributed by atoms with Crippen molar-refractivity contribution in [3.8, 4) is 5.75 Å². The molecule has 0 aliphatic carbocycles. The number of esters is 1. The Kier molecular flexibility index (Phi) is 5.29. The Morgan fingerprint density at radius 3 is 2.42 bits per heavy atom. The summed E-state index contributed by atoms with van der Waals surface area (Å²) in [5.41, 5.74) is 1.84. The first-order valence-corrected chi connectivity index (χ1v) is 8.89. The van der Waals surface area contributed by atoms with Crippen molar-refractivity contribution in [2.24, 2.45) is 0 Å². The van der Waals surface area contributed by atoms with Crippen molar-refractivity contribution in [2.75, 3.05) is 7.11 Å². The van der Waals surface area contributed by atoms with Crippen LogP contribution in [0.25, 0.3) is 0 Å². The Labute approximate surface area is 142 Å². The molecule has 0 aliphatic heterocycles. The highest BCUT2D eigenvalue weighted by atomic mass is 32.2. The molecule has 0 radical (unpaired) electrons. The van der Waals surface area contributed by atoms with Gasteiger partial charge in [-0.2, -0.15) is 8.42 Å². The minimum absolute atomic E-state index is 0.0957. The van der Waals surface area contributed by atoms with Crippen molar-refractivity contribution >= 4 is 16.1 Å². The quantitative estimate of drug-likeness (QED) is 0.609. The third-order valence-electron chi connectivity index (χ3n) is 3.53. The summed E-state index contributed by atoms with van der Waals surface area (Å²) in [5, 5.41) is 0. The fourth-order valence-electron chi connectivity index (χ4n) is 2.25. The lowest BCUT2D eigenvalue weighted by molar-refractivity contribution is 0.0600. The van der Waals surface area contributed by atoms with Crippen molar-refractivity contribution in [1.29, 1.82) is 0 Å². The van der Waals surface area contributed by atoms with Gasteiger partial charge < -0.3 is 8.92 Å². The first-order valence-electron chi connectivity index (χ1n) is 7.48. The van der Waals surface area contributed by atoms with Crippen molar-refractivity contribution in [2.45, 2.75) is 31.6 Å². The van der Waals surface area contributed by atoms with Gasteiger partial charge in [-0.1, -0.05) is 32.0 Å². The lowest BCUT2D eigenvalue weighted by Gasteiger charge is -2.15. The zero-order chi connectivity index (χ0) is 17.9. The molecule has 0 heterocycles. The Hall–Kier alpha value is -2.34. The highest BCUT2D eigenvalue weighted by molar-refractivity contribution is 7.87. The van der Waals surface area contributed by atoms with Gasteiger partial charge >= 0.3 is 16.1 Å². The number of ether oxygens (including phenoxy) is 1. The second-order valence-electron chi connectivity index (χ2n) is 5.75. The number of hydrogen-bond donors (Lipinski definition) is 0. The maximum atomic E-state index is 12.6. The van der Waals surface area contributed by atoms with Crippen molar-refractivity contribution in [3.63, 3.8) is 0 Å². The van der Waals surface area contributed by atoms with E-state index in [9.17, 15) is 13.2 Å². The van der Waals surface area contributed by atoms with Crippen LogP contribution in [-0.4, -0.2) is 21.5 Å². The number of carbonyl (C=O) groups excluding carboxylic acids is 1. The molecular formula is C18H20O5S. The van der Waals surface area contributed by atoms with Gasteiger partial charge in [0.2, 0.25) is 0 Å². The van der Waals surface area contributed by atoms with Gasteiger partial charge in [-0.25, -0.2) is 4.79 Å². The van der Waals surface area contributed by atoms with Crippen molar-refractivity contribution in [1.82, 2.24) is 0 Å². The van der Waals surface area contributed by atoms with Crippen LogP contribution in [0, 0.1) is 6.92 Å². The lowest BCUT2D eigenvalue weighted by Crippen LogP contribution is -2.12. The third-order valence-corrected chi connectivity index (χ3v) is 4.76. The topological polar surface area (TPSA) is 69.7 Å². The second kappa shape index (κ2) is 7.05. The summed E-state index contributed by atoms with van der Waals surface area (Å²) >= 11 is 0. The molecule has 0 amide bonds. The summed E-state index contributed by atoms with van der Waals surface area (Å²) in [7, 11) is -2.82. The van der Waals surface area contributed by atoms with Crippen molar-refractivity contribution < 1.29 is 22.1 Å². The molecule has 0 bridgehead atoms. The number of aryl methyl sites for hydroxylation is 1. The Balaban J connectivity index is 2.43. The van der Waals surface area contributed by atoms with Gasteiger partial charge in [-0.05, 0) is 48.2 Å². The van der Waals surface area contributed by atoms with Gasteiger partial charge in [-0.3, -0.25) is 0 Å². The number of hydrogen-bond acceptors (Lipinski definition) is 5. The Morgan fingerprint density at radius 1 is 1.08 bits per heavy atom. The molecule has 2 aromatic carbocycles. The molecule has 0 fully saturated rings. The van der Waals surface area contributed by atoms with E-state index >= 15 is 0 Å². The van der Waals surface area contributed by atoms with Gasteiger partial charge in [0.15, 0.2) is 0 Å². The van der Waals surface area contributed by atoms with Gasteiger partial charge in [0.1, 0.15) is 10.6 Å². The van der Waals surface area contributed by atoms with Crippen LogP contribution < -0.4 is 4.18 Å². The zero-order valence-electron chi connectivity index (χ0n) is 14.1. The number of carbonyl (C=O) groups is 1. The van der Waals surface area contributed by atoms with Crippen LogP contribution in [0.3, 0.4) is 0 Å². The molecule has 0 aromatic heterocycles. The van der Waals surface area contributed by atoms with Crippen LogP contribution in [0.2, 0.25) is 0 Å². The summed E-state index contributed by atoms with van der Waals surface area (Å²) in [5.74, 6) is -0.198. The van der Waals surface area contributed by atoms with E-state index in [0.29, 0.717) is 5.75 Å². The second-order valence-corrected chi connectivity index (χ2v) is 7.30. The SMILES string of the molecule is COC(=O)c1cccc(S(=O)(=O)Oc2cc(C)ccc2C(C)C)c1. The molecule has 0 atom stereocenters. The van der Waals surface area contributed by atoms with Crippen LogP contribution in [0.5, 0.6) is 5.75 Å². The van der Waals surface area contributed by atoms with E-state index in [1.807, 2.05) is 32.9 Å². The van der Waals surface area contributed by atoms with E-state index in [-0.39, 0.29) is 16.4 Å². The third kappa shape index (κ3) is 3.94. The smallest absolute Gasteiger partial charge is 0.339 e. The predicted molar refractivity (Wildman–Crippen MR) is 90.9 cm³/mol. The molecule has 128 valence electrons. The number of methoxy groups -OCH3 is 1. The van der Waals surface area contributed by atoms with Gasteiger partial charge in [0.05, 0.1) is 12.7 Å². The maximum Gasteiger partial charge on any atom is 0.339 e. The van der Waals surface area contributed by atoms with Gasteiger partial charge in [-0.15, -0.1) is 0 Å². The molecule has 0 saturated carbocycles. The standard InChI is InChI=1S/C18H20O5S/c1-12(2)16-9-8-13(3)10-17(16)23-24(20,21)15-7-5-6-14(11-15)18(19)22-4/h5-12H,1-4H3. The highest BCUT2D eigenvalue weighted by Gasteiger charge is 2.21. The number of benzene rings is 2. The van der Waals surface area contributed by atoms with Crippen LogP contribution >= 0.6 is 0 Å². The first-order chi connectivity index (χ1) is 11.2. The molecule has 0 unspecified atom stereocenters. The molecule has 0 saturated heterocycles. The highest BCUT2D eigenvalue weighted by Crippen LogP contribution is 2.30. The molecule has 0 spiro atoms. The average molecular weight is 348 g/mol. The van der Waals surface area contributed by atoms with Crippen LogP contribution in [0.15, 0.2) is 47.4 Å². The normalized spacial score (nSPS) is 11.4. The van der Waals surface area contributed by atoms with Crippen molar-refractivity contribution in [3.05, 3.63) is 59.2 Å². The lowest BCUT2D eigenvalue weighted by atomic mass is 10.0. The molecule has 6 heteroatoms. The first kappa shape index (κ1) is 18.0. The summed E-state index contributed by atoms with van der Waals surface area (Å²) < 4.78 is 35.1. The summed E-state index contributed by atoms with van der Waals surface area (Å²) in [6.07, 6.45) is 0. The van der Waals surface area contributed by atoms with Crippen LogP contribution in [-0.2, 0) is 14.9 Å². The molecule has 0 N–H and O–H groups in total. The summed E-state index contributed by atoms with van der Waals surface area (Å²) in [6.45, 7) is 5.78. The van der Waals surface area contributed by atoms with Gasteiger partial charge in [0.25, 0.3) is 0 Å². The number of rotatable bonds is 5. The van der Waals surface area contributed by atoms with E-state index in [0.717, 1.165) is 11.1 Å². The Bertz CT molecular complexity index is 853. The minimum Gasteiger partial charge on any atom is -0.465 e. The predicted octanol–water partition coefficient (Wildman–Crippen LogP) is 3.67.